The Kier molecular flexibility index (Phi) is 6.26. The SMILES string of the molecule is CCN(CC)c1ccc(N2CC(C(=O)Nc3c(C)cc(C)cc3C)CC2=O)cc1. The van der Waals surface area contributed by atoms with Crippen LogP contribution >= 0.6 is 0 Å². The van der Waals surface area contributed by atoms with Crippen molar-refractivity contribution in [1.29, 1.82) is 0 Å². The molecule has 1 unspecified atom stereocenters. The fourth-order valence-corrected chi connectivity index (χ4v) is 4.17. The Morgan fingerprint density at radius 2 is 1.66 bits per heavy atom. The van der Waals surface area contributed by atoms with Gasteiger partial charge in [-0.25, -0.2) is 0 Å². The average Bonchev–Trinajstić information content (AvgIpc) is 3.08. The monoisotopic (exact) mass is 393 g/mol. The highest BCUT2D eigenvalue weighted by Crippen LogP contribution is 2.29. The van der Waals surface area contributed by atoms with E-state index in [1.165, 1.54) is 5.56 Å². The molecule has 0 aliphatic carbocycles. The summed E-state index contributed by atoms with van der Waals surface area (Å²) >= 11 is 0. The predicted octanol–water partition coefficient (Wildman–Crippen LogP) is 4.45. The van der Waals surface area contributed by atoms with Gasteiger partial charge in [-0.05, 0) is 70.0 Å². The van der Waals surface area contributed by atoms with E-state index in [9.17, 15) is 9.59 Å². The van der Waals surface area contributed by atoms with Crippen LogP contribution in [-0.4, -0.2) is 31.4 Å². The molecule has 2 aromatic rings. The van der Waals surface area contributed by atoms with Crippen molar-refractivity contribution in [1.82, 2.24) is 0 Å². The lowest BCUT2D eigenvalue weighted by Gasteiger charge is -2.23. The molecule has 1 aliphatic rings. The van der Waals surface area contributed by atoms with Gasteiger partial charge < -0.3 is 15.1 Å². The zero-order chi connectivity index (χ0) is 21.1. The minimum atomic E-state index is -0.343. The molecule has 5 heteroatoms. The van der Waals surface area contributed by atoms with Gasteiger partial charge in [0.05, 0.1) is 5.92 Å². The molecule has 0 aromatic heterocycles. The molecule has 1 N–H and O–H groups in total. The molecule has 29 heavy (non-hydrogen) atoms. The number of amides is 2. The normalized spacial score (nSPS) is 16.2. The molecular weight excluding hydrogens is 362 g/mol. The summed E-state index contributed by atoms with van der Waals surface area (Å²) in [5.41, 5.74) is 6.12. The summed E-state index contributed by atoms with van der Waals surface area (Å²) in [6, 6.07) is 12.2. The number of nitrogens with zero attached hydrogens (tertiary/aromatic N) is 2. The first-order chi connectivity index (χ1) is 13.8. The lowest BCUT2D eigenvalue weighted by atomic mass is 10.0. The number of hydrogen-bond acceptors (Lipinski definition) is 3. The maximum absolute atomic E-state index is 12.9. The summed E-state index contributed by atoms with van der Waals surface area (Å²) in [5.74, 6) is -0.432. The molecule has 0 spiro atoms. The smallest absolute Gasteiger partial charge is 0.229 e. The predicted molar refractivity (Wildman–Crippen MR) is 120 cm³/mol. The van der Waals surface area contributed by atoms with Crippen molar-refractivity contribution < 1.29 is 9.59 Å². The molecule has 5 nitrogen and oxygen atoms in total. The van der Waals surface area contributed by atoms with Gasteiger partial charge in [0.15, 0.2) is 0 Å². The second-order valence-corrected chi connectivity index (χ2v) is 7.86. The number of anilines is 3. The Balaban J connectivity index is 1.71. The second kappa shape index (κ2) is 8.68. The summed E-state index contributed by atoms with van der Waals surface area (Å²) in [6.07, 6.45) is 0.244. The van der Waals surface area contributed by atoms with Gasteiger partial charge in [-0.3, -0.25) is 9.59 Å². The number of rotatable bonds is 6. The largest absolute Gasteiger partial charge is 0.372 e. The number of carbonyl (C=O) groups is 2. The molecule has 0 radical (unpaired) electrons. The van der Waals surface area contributed by atoms with E-state index < -0.39 is 0 Å². The number of benzene rings is 2. The van der Waals surface area contributed by atoms with Crippen LogP contribution in [0.3, 0.4) is 0 Å². The number of nitrogens with one attached hydrogen (secondary N) is 1. The lowest BCUT2D eigenvalue weighted by molar-refractivity contribution is -0.122. The van der Waals surface area contributed by atoms with Crippen LogP contribution in [0.4, 0.5) is 17.1 Å². The van der Waals surface area contributed by atoms with E-state index in [0.717, 1.165) is 41.3 Å². The van der Waals surface area contributed by atoms with Crippen LogP contribution in [0.15, 0.2) is 36.4 Å². The van der Waals surface area contributed by atoms with Crippen LogP contribution in [0, 0.1) is 26.7 Å². The first-order valence-electron chi connectivity index (χ1n) is 10.4. The second-order valence-electron chi connectivity index (χ2n) is 7.86. The van der Waals surface area contributed by atoms with Gasteiger partial charge in [-0.1, -0.05) is 17.7 Å². The van der Waals surface area contributed by atoms with E-state index in [1.807, 2.05) is 45.0 Å². The van der Waals surface area contributed by atoms with E-state index >= 15 is 0 Å². The standard InChI is InChI=1S/C24H31N3O2/c1-6-26(7-2)20-8-10-21(11-9-20)27-15-19(14-22(27)28)24(29)25-23-17(4)12-16(3)13-18(23)5/h8-13,19H,6-7,14-15H2,1-5H3,(H,25,29). The Morgan fingerprint density at radius 3 is 2.21 bits per heavy atom. The van der Waals surface area contributed by atoms with E-state index in [-0.39, 0.29) is 24.2 Å². The topological polar surface area (TPSA) is 52.6 Å². The molecule has 2 amide bonds. The van der Waals surface area contributed by atoms with Crippen molar-refractivity contribution in [2.75, 3.05) is 34.8 Å². The summed E-state index contributed by atoms with van der Waals surface area (Å²) in [4.78, 5) is 29.4. The summed E-state index contributed by atoms with van der Waals surface area (Å²) in [6.45, 7) is 12.6. The molecule has 1 saturated heterocycles. The highest BCUT2D eigenvalue weighted by atomic mass is 16.2. The average molecular weight is 394 g/mol. The van der Waals surface area contributed by atoms with Gasteiger partial charge in [-0.15, -0.1) is 0 Å². The number of aryl methyl sites for hydroxylation is 3. The van der Waals surface area contributed by atoms with Crippen LogP contribution in [-0.2, 0) is 9.59 Å². The van der Waals surface area contributed by atoms with Gasteiger partial charge >= 0.3 is 0 Å². The Labute approximate surface area is 173 Å². The van der Waals surface area contributed by atoms with Crippen LogP contribution in [0.5, 0.6) is 0 Å². The first kappa shape index (κ1) is 20.9. The maximum Gasteiger partial charge on any atom is 0.229 e. The van der Waals surface area contributed by atoms with E-state index in [0.29, 0.717) is 6.54 Å². The quantitative estimate of drug-likeness (QED) is 0.789. The van der Waals surface area contributed by atoms with Gasteiger partial charge in [0.25, 0.3) is 0 Å². The molecule has 154 valence electrons. The van der Waals surface area contributed by atoms with Crippen molar-refractivity contribution in [2.45, 2.75) is 41.0 Å². The highest BCUT2D eigenvalue weighted by molar-refractivity contribution is 6.04. The van der Waals surface area contributed by atoms with Crippen molar-refractivity contribution >= 4 is 28.9 Å². The third-order valence-corrected chi connectivity index (χ3v) is 5.71. The molecule has 1 aliphatic heterocycles. The minimum absolute atomic E-state index is 0.00177. The zero-order valence-corrected chi connectivity index (χ0v) is 18.1. The van der Waals surface area contributed by atoms with Crippen LogP contribution in [0.25, 0.3) is 0 Å². The molecule has 1 fully saturated rings. The molecule has 1 heterocycles. The van der Waals surface area contributed by atoms with Gasteiger partial charge in [-0.2, -0.15) is 0 Å². The molecule has 0 saturated carbocycles. The number of hydrogen-bond donors (Lipinski definition) is 1. The third kappa shape index (κ3) is 4.44. The van der Waals surface area contributed by atoms with Crippen LogP contribution in [0.1, 0.15) is 37.0 Å². The third-order valence-electron chi connectivity index (χ3n) is 5.71. The maximum atomic E-state index is 12.9. The molecule has 1 atom stereocenters. The van der Waals surface area contributed by atoms with Crippen molar-refractivity contribution in [3.63, 3.8) is 0 Å². The molecular formula is C24H31N3O2. The van der Waals surface area contributed by atoms with Gasteiger partial charge in [0.2, 0.25) is 11.8 Å². The Morgan fingerprint density at radius 1 is 1.07 bits per heavy atom. The summed E-state index contributed by atoms with van der Waals surface area (Å²) in [7, 11) is 0. The van der Waals surface area contributed by atoms with E-state index in [4.69, 9.17) is 0 Å². The minimum Gasteiger partial charge on any atom is -0.372 e. The summed E-state index contributed by atoms with van der Waals surface area (Å²) in [5, 5.41) is 3.05. The fraction of sp³-hybridized carbons (Fsp3) is 0.417. The Hall–Kier alpha value is -2.82. The van der Waals surface area contributed by atoms with Gasteiger partial charge in [0, 0.05) is 43.1 Å². The van der Waals surface area contributed by atoms with Crippen LogP contribution < -0.4 is 15.1 Å². The van der Waals surface area contributed by atoms with Crippen molar-refractivity contribution in [2.24, 2.45) is 5.92 Å². The van der Waals surface area contributed by atoms with Crippen molar-refractivity contribution in [3.8, 4) is 0 Å². The molecule has 3 rings (SSSR count). The first-order valence-corrected chi connectivity index (χ1v) is 10.4. The molecule has 2 aromatic carbocycles. The van der Waals surface area contributed by atoms with E-state index in [1.54, 1.807) is 4.90 Å². The Bertz CT molecular complexity index is 878. The van der Waals surface area contributed by atoms with Gasteiger partial charge in [0.1, 0.15) is 0 Å². The van der Waals surface area contributed by atoms with Crippen LogP contribution in [0.2, 0.25) is 0 Å². The highest BCUT2D eigenvalue weighted by Gasteiger charge is 2.35. The number of carbonyl (C=O) groups excluding carboxylic acids is 2. The fourth-order valence-electron chi connectivity index (χ4n) is 4.17. The van der Waals surface area contributed by atoms with E-state index in [2.05, 4.69) is 36.2 Å². The zero-order valence-electron chi connectivity index (χ0n) is 18.1. The molecule has 0 bridgehead atoms. The van der Waals surface area contributed by atoms with Crippen molar-refractivity contribution in [3.05, 3.63) is 53.1 Å². The lowest BCUT2D eigenvalue weighted by Crippen LogP contribution is -2.28. The summed E-state index contributed by atoms with van der Waals surface area (Å²) < 4.78 is 0.